The van der Waals surface area contributed by atoms with Gasteiger partial charge in [-0.3, -0.25) is 4.79 Å². The third-order valence-electron chi connectivity index (χ3n) is 4.02. The zero-order valence-electron chi connectivity index (χ0n) is 14.3. The van der Waals surface area contributed by atoms with Crippen LogP contribution in [0.3, 0.4) is 0 Å². The molecular weight excluding hydrogens is 347 g/mol. The molecule has 0 spiro atoms. The van der Waals surface area contributed by atoms with E-state index in [4.69, 9.17) is 9.47 Å². The van der Waals surface area contributed by atoms with Crippen molar-refractivity contribution in [2.24, 2.45) is 10.2 Å². The van der Waals surface area contributed by atoms with Crippen molar-refractivity contribution in [3.63, 3.8) is 0 Å². The molecule has 6 heteroatoms. The van der Waals surface area contributed by atoms with Gasteiger partial charge in [0, 0.05) is 11.6 Å². The molecule has 27 heavy (non-hydrogen) atoms. The number of fused-ring (bicyclic) bond motifs is 1. The van der Waals surface area contributed by atoms with Crippen LogP contribution in [-0.2, 0) is 0 Å². The maximum Gasteiger partial charge on any atom is 0.195 e. The van der Waals surface area contributed by atoms with Crippen LogP contribution in [0.15, 0.2) is 77.0 Å². The second kappa shape index (κ2) is 7.37. The van der Waals surface area contributed by atoms with Crippen LogP contribution in [-0.4, -0.2) is 19.0 Å². The Bertz CT molecular complexity index is 1020. The molecule has 0 aromatic heterocycles. The van der Waals surface area contributed by atoms with E-state index in [2.05, 4.69) is 10.2 Å². The van der Waals surface area contributed by atoms with Crippen LogP contribution in [0.2, 0.25) is 0 Å². The summed E-state index contributed by atoms with van der Waals surface area (Å²) in [4.78, 5) is 13.0. The van der Waals surface area contributed by atoms with Gasteiger partial charge in [0.2, 0.25) is 0 Å². The van der Waals surface area contributed by atoms with E-state index in [-0.39, 0.29) is 16.9 Å². The minimum absolute atomic E-state index is 0.225. The molecule has 1 aliphatic heterocycles. The van der Waals surface area contributed by atoms with Crippen LogP contribution in [0.5, 0.6) is 11.5 Å². The largest absolute Gasteiger partial charge is 0.486 e. The summed E-state index contributed by atoms with van der Waals surface area (Å²) in [6.07, 6.45) is 0. The van der Waals surface area contributed by atoms with Gasteiger partial charge in [0.25, 0.3) is 0 Å². The van der Waals surface area contributed by atoms with Gasteiger partial charge in [0.1, 0.15) is 24.7 Å². The van der Waals surface area contributed by atoms with E-state index in [1.54, 1.807) is 30.3 Å². The van der Waals surface area contributed by atoms with Crippen molar-refractivity contribution in [1.82, 2.24) is 0 Å². The number of hydrogen-bond donors (Lipinski definition) is 0. The molecule has 5 nitrogen and oxygen atoms in total. The monoisotopic (exact) mass is 362 g/mol. The molecule has 0 amide bonds. The van der Waals surface area contributed by atoms with Gasteiger partial charge < -0.3 is 9.47 Å². The number of nitrogens with zero attached hydrogens (tertiary/aromatic N) is 2. The average Bonchev–Trinajstić information content (AvgIpc) is 2.72. The van der Waals surface area contributed by atoms with Crippen LogP contribution in [0.4, 0.5) is 15.8 Å². The summed E-state index contributed by atoms with van der Waals surface area (Å²) in [6, 6.07) is 17.9. The van der Waals surface area contributed by atoms with Gasteiger partial charge in [-0.05, 0) is 30.3 Å². The van der Waals surface area contributed by atoms with E-state index >= 15 is 0 Å². The van der Waals surface area contributed by atoms with Gasteiger partial charge in [0.05, 0.1) is 11.3 Å². The molecule has 0 aliphatic carbocycles. The van der Waals surface area contributed by atoms with Crippen molar-refractivity contribution in [2.75, 3.05) is 13.2 Å². The van der Waals surface area contributed by atoms with Crippen molar-refractivity contribution >= 4 is 17.2 Å². The van der Waals surface area contributed by atoms with Crippen LogP contribution in [0, 0.1) is 5.82 Å². The summed E-state index contributed by atoms with van der Waals surface area (Å²) in [5.74, 6) is 0.109. The van der Waals surface area contributed by atoms with Gasteiger partial charge in [-0.1, -0.05) is 30.3 Å². The summed E-state index contributed by atoms with van der Waals surface area (Å²) >= 11 is 0. The molecule has 0 unspecified atom stereocenters. The molecule has 1 heterocycles. The third kappa shape index (κ3) is 3.69. The highest BCUT2D eigenvalue weighted by atomic mass is 19.1. The fourth-order valence-corrected chi connectivity index (χ4v) is 2.73. The fourth-order valence-electron chi connectivity index (χ4n) is 2.73. The fraction of sp³-hybridized carbons (Fsp3) is 0.0952. The van der Waals surface area contributed by atoms with Gasteiger partial charge in [-0.25, -0.2) is 4.39 Å². The molecule has 0 radical (unpaired) electrons. The Hall–Kier alpha value is -3.54. The molecule has 0 fully saturated rings. The lowest BCUT2D eigenvalue weighted by Gasteiger charge is -2.19. The van der Waals surface area contributed by atoms with E-state index in [0.29, 0.717) is 36.1 Å². The number of ketones is 1. The van der Waals surface area contributed by atoms with E-state index in [1.807, 2.05) is 18.2 Å². The molecule has 0 bridgehead atoms. The van der Waals surface area contributed by atoms with Crippen molar-refractivity contribution in [3.05, 3.63) is 83.7 Å². The molecular formula is C21H15FN2O3. The Kier molecular flexibility index (Phi) is 4.61. The van der Waals surface area contributed by atoms with Crippen LogP contribution >= 0.6 is 0 Å². The molecule has 0 saturated carbocycles. The summed E-state index contributed by atoms with van der Waals surface area (Å²) < 4.78 is 24.7. The molecule has 0 saturated heterocycles. The summed E-state index contributed by atoms with van der Waals surface area (Å²) in [5, 5.41) is 8.41. The van der Waals surface area contributed by atoms with Gasteiger partial charge >= 0.3 is 0 Å². The molecule has 1 aliphatic rings. The average molecular weight is 362 g/mol. The van der Waals surface area contributed by atoms with Gasteiger partial charge in [-0.15, -0.1) is 5.11 Å². The normalized spacial score (nSPS) is 12.9. The first-order valence-corrected chi connectivity index (χ1v) is 8.41. The maximum atomic E-state index is 13.5. The number of hydrogen-bond acceptors (Lipinski definition) is 5. The Morgan fingerprint density at radius 1 is 0.852 bits per heavy atom. The lowest BCUT2D eigenvalue weighted by atomic mass is 10.0. The number of ether oxygens (including phenoxy) is 2. The van der Waals surface area contributed by atoms with Crippen LogP contribution < -0.4 is 9.47 Å². The topological polar surface area (TPSA) is 60.2 Å². The highest BCUT2D eigenvalue weighted by Gasteiger charge is 2.21. The number of carbonyl (C=O) groups is 1. The van der Waals surface area contributed by atoms with Crippen LogP contribution in [0.25, 0.3) is 0 Å². The minimum atomic E-state index is -0.481. The predicted molar refractivity (Wildman–Crippen MR) is 97.9 cm³/mol. The summed E-state index contributed by atoms with van der Waals surface area (Å²) in [5.41, 5.74) is 1.47. The smallest absolute Gasteiger partial charge is 0.195 e. The molecule has 3 aromatic carbocycles. The van der Waals surface area contributed by atoms with Crippen molar-refractivity contribution < 1.29 is 18.7 Å². The second-order valence-corrected chi connectivity index (χ2v) is 5.89. The number of carbonyl (C=O) groups excluding carboxylic acids is 1. The number of azo groups is 1. The van der Waals surface area contributed by atoms with Crippen molar-refractivity contribution in [2.45, 2.75) is 0 Å². The van der Waals surface area contributed by atoms with Crippen molar-refractivity contribution in [1.29, 1.82) is 0 Å². The van der Waals surface area contributed by atoms with Gasteiger partial charge in [0.15, 0.2) is 17.3 Å². The third-order valence-corrected chi connectivity index (χ3v) is 4.02. The second-order valence-electron chi connectivity index (χ2n) is 5.89. The van der Waals surface area contributed by atoms with Gasteiger partial charge in [-0.2, -0.15) is 5.11 Å². The first kappa shape index (κ1) is 16.9. The highest BCUT2D eigenvalue weighted by molar-refractivity contribution is 6.12. The number of rotatable bonds is 4. The zero-order valence-corrected chi connectivity index (χ0v) is 14.3. The molecule has 3 aromatic rings. The molecule has 0 atom stereocenters. The van der Waals surface area contributed by atoms with E-state index in [1.165, 1.54) is 18.2 Å². The Morgan fingerprint density at radius 2 is 1.59 bits per heavy atom. The minimum Gasteiger partial charge on any atom is -0.486 e. The quantitative estimate of drug-likeness (QED) is 0.471. The van der Waals surface area contributed by atoms with E-state index < -0.39 is 5.82 Å². The summed E-state index contributed by atoms with van der Waals surface area (Å²) in [6.45, 7) is 0.810. The lowest BCUT2D eigenvalue weighted by molar-refractivity contribution is 0.103. The lowest BCUT2D eigenvalue weighted by Crippen LogP contribution is -2.16. The highest BCUT2D eigenvalue weighted by Crippen LogP contribution is 2.38. The van der Waals surface area contributed by atoms with Crippen molar-refractivity contribution in [3.8, 4) is 11.5 Å². The number of benzene rings is 3. The SMILES string of the molecule is O=C(c1cccc(F)c1)c1cc2c(cc1N=Nc1ccccc1)OCCO2. The molecule has 4 rings (SSSR count). The standard InChI is InChI=1S/C21H15FN2O3/c22-15-6-4-5-14(11-15)21(25)17-12-19-20(27-10-9-26-19)13-18(17)24-23-16-7-2-1-3-8-16/h1-8,11-13H,9-10H2. The maximum absolute atomic E-state index is 13.5. The van der Waals surface area contributed by atoms with E-state index in [9.17, 15) is 9.18 Å². The Morgan fingerprint density at radius 3 is 2.33 bits per heavy atom. The Balaban J connectivity index is 1.78. The first-order valence-electron chi connectivity index (χ1n) is 8.41. The van der Waals surface area contributed by atoms with E-state index in [0.717, 1.165) is 0 Å². The first-order chi connectivity index (χ1) is 13.2. The number of halogens is 1. The molecule has 0 N–H and O–H groups in total. The van der Waals surface area contributed by atoms with Crippen LogP contribution in [0.1, 0.15) is 15.9 Å². The molecule has 134 valence electrons. The zero-order chi connectivity index (χ0) is 18.6. The summed E-state index contributed by atoms with van der Waals surface area (Å²) in [7, 11) is 0. The predicted octanol–water partition coefficient (Wildman–Crippen LogP) is 5.24. The Labute approximate surface area is 155 Å².